The molecule has 1 heterocycles. The molecule has 0 aliphatic carbocycles. The molecule has 1 N–H and O–H groups in total. The highest BCUT2D eigenvalue weighted by atomic mass is 19.4. The minimum Gasteiger partial charge on any atom is -0.314 e. The summed E-state index contributed by atoms with van der Waals surface area (Å²) >= 11 is 0. The van der Waals surface area contributed by atoms with Crippen LogP contribution >= 0.6 is 0 Å². The van der Waals surface area contributed by atoms with Gasteiger partial charge in [0.2, 0.25) is 0 Å². The fourth-order valence-corrected chi connectivity index (χ4v) is 2.01. The summed E-state index contributed by atoms with van der Waals surface area (Å²) in [6.45, 7) is 4.85. The molecular weight excluding hydrogens is 253 g/mol. The summed E-state index contributed by atoms with van der Waals surface area (Å²) in [5, 5.41) is 3.27. The number of benzene rings is 1. The van der Waals surface area contributed by atoms with Gasteiger partial charge in [0.25, 0.3) is 0 Å². The molecule has 0 atom stereocenters. The molecule has 0 unspecified atom stereocenters. The Bertz CT molecular complexity index is 417. The van der Waals surface area contributed by atoms with Gasteiger partial charge < -0.3 is 5.32 Å². The Morgan fingerprint density at radius 1 is 1.11 bits per heavy atom. The lowest BCUT2D eigenvalue weighted by Crippen LogP contribution is -2.43. The number of nitrogens with one attached hydrogen (secondary N) is 1. The Hall–Kier alpha value is -1.33. The first kappa shape index (κ1) is 14.1. The average Bonchev–Trinajstić information content (AvgIpc) is 2.39. The van der Waals surface area contributed by atoms with Crippen molar-refractivity contribution in [1.29, 1.82) is 0 Å². The van der Waals surface area contributed by atoms with Crippen LogP contribution in [0.4, 0.5) is 13.2 Å². The van der Waals surface area contributed by atoms with Crippen LogP contribution < -0.4 is 5.32 Å². The molecule has 0 amide bonds. The zero-order valence-electron chi connectivity index (χ0n) is 10.6. The Morgan fingerprint density at radius 3 is 2.32 bits per heavy atom. The van der Waals surface area contributed by atoms with Crippen molar-refractivity contribution in [3.63, 3.8) is 0 Å². The molecule has 1 aromatic carbocycles. The van der Waals surface area contributed by atoms with Crippen LogP contribution in [0.1, 0.15) is 11.1 Å². The van der Waals surface area contributed by atoms with E-state index < -0.39 is 11.7 Å². The highest BCUT2D eigenvalue weighted by molar-refractivity contribution is 5.50. The molecule has 1 fully saturated rings. The molecule has 2 rings (SSSR count). The van der Waals surface area contributed by atoms with Crippen molar-refractivity contribution in [3.8, 4) is 0 Å². The number of hydrogen-bond acceptors (Lipinski definition) is 2. The summed E-state index contributed by atoms with van der Waals surface area (Å²) in [5.41, 5.74) is 0.190. The van der Waals surface area contributed by atoms with E-state index in [2.05, 4.69) is 10.2 Å². The van der Waals surface area contributed by atoms with Crippen molar-refractivity contribution in [3.05, 3.63) is 41.5 Å². The Morgan fingerprint density at radius 2 is 1.74 bits per heavy atom. The normalized spacial score (nSPS) is 18.1. The van der Waals surface area contributed by atoms with Crippen molar-refractivity contribution in [2.24, 2.45) is 0 Å². The van der Waals surface area contributed by atoms with Gasteiger partial charge in [0.05, 0.1) is 5.56 Å². The molecule has 0 spiro atoms. The van der Waals surface area contributed by atoms with Gasteiger partial charge in [-0.3, -0.25) is 4.90 Å². The van der Waals surface area contributed by atoms with E-state index in [4.69, 9.17) is 0 Å². The molecule has 104 valence electrons. The third-order valence-electron chi connectivity index (χ3n) is 3.12. The molecule has 0 bridgehead atoms. The van der Waals surface area contributed by atoms with Crippen molar-refractivity contribution < 1.29 is 13.2 Å². The molecule has 0 aromatic heterocycles. The van der Waals surface area contributed by atoms with E-state index in [-0.39, 0.29) is 0 Å². The van der Waals surface area contributed by atoms with Gasteiger partial charge in [0.15, 0.2) is 0 Å². The van der Waals surface area contributed by atoms with Crippen LogP contribution in [0.25, 0.3) is 6.08 Å². The largest absolute Gasteiger partial charge is 0.416 e. The van der Waals surface area contributed by atoms with Crippen LogP contribution in [-0.4, -0.2) is 37.6 Å². The van der Waals surface area contributed by atoms with Crippen LogP contribution in [0, 0.1) is 0 Å². The second-order valence-electron chi connectivity index (χ2n) is 4.57. The zero-order chi connectivity index (χ0) is 13.7. The van der Waals surface area contributed by atoms with Crippen LogP contribution in [0.5, 0.6) is 0 Å². The van der Waals surface area contributed by atoms with Crippen LogP contribution in [-0.2, 0) is 6.18 Å². The molecule has 2 nitrogen and oxygen atoms in total. The Labute approximate surface area is 110 Å². The van der Waals surface area contributed by atoms with Crippen molar-refractivity contribution in [2.45, 2.75) is 6.18 Å². The van der Waals surface area contributed by atoms with Gasteiger partial charge in [-0.1, -0.05) is 24.3 Å². The van der Waals surface area contributed by atoms with Crippen molar-refractivity contribution in [2.75, 3.05) is 32.7 Å². The highest BCUT2D eigenvalue weighted by Gasteiger charge is 2.29. The first-order chi connectivity index (χ1) is 9.05. The molecule has 5 heteroatoms. The van der Waals surface area contributed by atoms with Gasteiger partial charge in [0.1, 0.15) is 0 Å². The average molecular weight is 270 g/mol. The van der Waals surface area contributed by atoms with Gasteiger partial charge in [-0.15, -0.1) is 0 Å². The summed E-state index contributed by atoms with van der Waals surface area (Å²) in [6.07, 6.45) is -0.404. The molecule has 1 aromatic rings. The number of hydrogen-bond donors (Lipinski definition) is 1. The van der Waals surface area contributed by atoms with Crippen molar-refractivity contribution >= 4 is 6.08 Å². The van der Waals surface area contributed by atoms with E-state index in [1.165, 1.54) is 12.1 Å². The molecular formula is C14H17F3N2. The second kappa shape index (κ2) is 6.21. The van der Waals surface area contributed by atoms with Crippen molar-refractivity contribution in [1.82, 2.24) is 10.2 Å². The summed E-state index contributed by atoms with van der Waals surface area (Å²) in [4.78, 5) is 2.30. The number of halogens is 3. The molecule has 0 radical (unpaired) electrons. The molecule has 1 aliphatic rings. The van der Waals surface area contributed by atoms with E-state index in [9.17, 15) is 13.2 Å². The minimum atomic E-state index is -4.26. The van der Waals surface area contributed by atoms with Gasteiger partial charge in [0, 0.05) is 32.7 Å². The van der Waals surface area contributed by atoms with Gasteiger partial charge in [-0.2, -0.15) is 13.2 Å². The Kier molecular flexibility index (Phi) is 4.61. The van der Waals surface area contributed by atoms with E-state index in [0.29, 0.717) is 0 Å². The first-order valence-electron chi connectivity index (χ1n) is 6.32. The number of nitrogens with zero attached hydrogens (tertiary/aromatic N) is 1. The summed E-state index contributed by atoms with van der Waals surface area (Å²) in [5.74, 6) is 0. The summed E-state index contributed by atoms with van der Waals surface area (Å²) < 4.78 is 37.2. The van der Waals surface area contributed by atoms with E-state index in [0.717, 1.165) is 50.4 Å². The predicted molar refractivity (Wildman–Crippen MR) is 69.8 cm³/mol. The third-order valence-corrected chi connectivity index (χ3v) is 3.12. The standard InChI is InChI=1S/C14H17F3N2/c15-14(16,17)13-5-3-12(4-6-13)2-1-9-19-10-7-18-8-11-19/h1-6,18H,7-11H2/b2-1-. The number of alkyl halides is 3. The van der Waals surface area contributed by atoms with Crippen LogP contribution in [0.3, 0.4) is 0 Å². The third kappa shape index (κ3) is 4.36. The quantitative estimate of drug-likeness (QED) is 0.908. The van der Waals surface area contributed by atoms with E-state index in [1.54, 1.807) is 0 Å². The van der Waals surface area contributed by atoms with E-state index >= 15 is 0 Å². The second-order valence-corrected chi connectivity index (χ2v) is 4.57. The molecule has 0 saturated carbocycles. The fourth-order valence-electron chi connectivity index (χ4n) is 2.01. The molecule has 19 heavy (non-hydrogen) atoms. The summed E-state index contributed by atoms with van der Waals surface area (Å²) in [7, 11) is 0. The van der Waals surface area contributed by atoms with Gasteiger partial charge in [-0.05, 0) is 17.7 Å². The fraction of sp³-hybridized carbons (Fsp3) is 0.429. The Balaban J connectivity index is 1.88. The predicted octanol–water partition coefficient (Wildman–Crippen LogP) is 2.62. The van der Waals surface area contributed by atoms with Crippen LogP contribution in [0.2, 0.25) is 0 Å². The lowest BCUT2D eigenvalue weighted by atomic mass is 10.1. The van der Waals surface area contributed by atoms with E-state index in [1.807, 2.05) is 12.2 Å². The topological polar surface area (TPSA) is 15.3 Å². The SMILES string of the molecule is FC(F)(F)c1ccc(/C=C\CN2CCNCC2)cc1. The first-order valence-corrected chi connectivity index (χ1v) is 6.32. The van der Waals surface area contributed by atoms with Gasteiger partial charge in [-0.25, -0.2) is 0 Å². The lowest BCUT2D eigenvalue weighted by molar-refractivity contribution is -0.137. The maximum atomic E-state index is 12.4. The van der Waals surface area contributed by atoms with Crippen LogP contribution in [0.15, 0.2) is 30.3 Å². The lowest BCUT2D eigenvalue weighted by Gasteiger charge is -2.25. The number of piperazine rings is 1. The maximum absolute atomic E-state index is 12.4. The summed E-state index contributed by atoms with van der Waals surface area (Å²) in [6, 6.07) is 5.23. The minimum absolute atomic E-state index is 0.605. The molecule has 1 aliphatic heterocycles. The smallest absolute Gasteiger partial charge is 0.314 e. The highest BCUT2D eigenvalue weighted by Crippen LogP contribution is 2.29. The monoisotopic (exact) mass is 270 g/mol. The zero-order valence-corrected chi connectivity index (χ0v) is 10.6. The van der Waals surface area contributed by atoms with Gasteiger partial charge >= 0.3 is 6.18 Å². The maximum Gasteiger partial charge on any atom is 0.416 e. The molecule has 1 saturated heterocycles. The number of rotatable bonds is 3.